The molecule has 0 aliphatic heterocycles. The fourth-order valence-electron chi connectivity index (χ4n) is 5.79. The summed E-state index contributed by atoms with van der Waals surface area (Å²) in [5.41, 5.74) is 2.47. The van der Waals surface area contributed by atoms with Crippen LogP contribution in [0.3, 0.4) is 0 Å². The molecule has 3 aromatic carbocycles. The van der Waals surface area contributed by atoms with Gasteiger partial charge in [0.2, 0.25) is 0 Å². The highest BCUT2D eigenvalue weighted by atomic mass is 19.3. The van der Waals surface area contributed by atoms with Crippen LogP contribution in [-0.4, -0.2) is 6.61 Å². The van der Waals surface area contributed by atoms with Crippen molar-refractivity contribution in [3.05, 3.63) is 76.9 Å². The molecule has 1 aliphatic carbocycles. The van der Waals surface area contributed by atoms with Crippen LogP contribution in [0.25, 0.3) is 10.8 Å². The van der Waals surface area contributed by atoms with Crippen molar-refractivity contribution in [2.75, 3.05) is 0 Å². The third-order valence-electron chi connectivity index (χ3n) is 7.99. The molecular weight excluding hydrogens is 476 g/mol. The predicted octanol–water partition coefficient (Wildman–Crippen LogP) is 10.1. The molecule has 0 heterocycles. The van der Waals surface area contributed by atoms with Crippen molar-refractivity contribution in [1.29, 1.82) is 0 Å². The molecule has 1 aliphatic rings. The zero-order chi connectivity index (χ0) is 26.2. The number of hydrogen-bond donors (Lipinski definition) is 0. The van der Waals surface area contributed by atoms with Gasteiger partial charge in [-0.05, 0) is 84.6 Å². The minimum Gasteiger partial charge on any atom is -0.432 e. The zero-order valence-electron chi connectivity index (χ0n) is 21.8. The van der Waals surface area contributed by atoms with Crippen molar-refractivity contribution in [2.45, 2.75) is 96.5 Å². The van der Waals surface area contributed by atoms with Crippen LogP contribution in [0.5, 0.6) is 5.75 Å². The highest BCUT2D eigenvalue weighted by molar-refractivity contribution is 5.84. The number of aryl methyl sites for hydroxylation is 2. The van der Waals surface area contributed by atoms with E-state index >= 15 is 4.39 Å². The number of fused-ring (bicyclic) bond motifs is 1. The van der Waals surface area contributed by atoms with E-state index in [-0.39, 0.29) is 5.82 Å². The topological polar surface area (TPSA) is 9.23 Å². The summed E-state index contributed by atoms with van der Waals surface area (Å²) in [6.45, 7) is -0.820. The first-order valence-electron chi connectivity index (χ1n) is 13.9. The molecule has 0 saturated heterocycles. The summed E-state index contributed by atoms with van der Waals surface area (Å²) in [6, 6.07) is 13.8. The molecule has 0 unspecified atom stereocenters. The first kappa shape index (κ1) is 27.5. The van der Waals surface area contributed by atoms with Gasteiger partial charge in [0.1, 0.15) is 5.82 Å². The van der Waals surface area contributed by atoms with E-state index in [1.807, 2.05) is 18.2 Å². The predicted molar refractivity (Wildman–Crippen MR) is 142 cm³/mol. The van der Waals surface area contributed by atoms with Crippen LogP contribution in [0.2, 0.25) is 0 Å². The highest BCUT2D eigenvalue weighted by Gasteiger charge is 2.22. The van der Waals surface area contributed by atoms with Crippen LogP contribution >= 0.6 is 0 Å². The van der Waals surface area contributed by atoms with E-state index in [2.05, 4.69) is 23.8 Å². The third-order valence-corrected chi connectivity index (χ3v) is 7.99. The van der Waals surface area contributed by atoms with Crippen LogP contribution in [0, 0.1) is 17.6 Å². The van der Waals surface area contributed by atoms with Gasteiger partial charge < -0.3 is 4.74 Å². The third kappa shape index (κ3) is 7.49. The molecule has 4 rings (SSSR count). The second-order valence-corrected chi connectivity index (χ2v) is 10.6. The molecule has 0 aromatic heterocycles. The Labute approximate surface area is 218 Å². The molecule has 200 valence electrons. The van der Waals surface area contributed by atoms with Crippen LogP contribution in [-0.2, 0) is 12.8 Å². The van der Waals surface area contributed by atoms with Gasteiger partial charge in [-0.1, -0.05) is 81.8 Å². The molecule has 1 saturated carbocycles. The van der Waals surface area contributed by atoms with Crippen LogP contribution in [0.15, 0.2) is 48.5 Å². The van der Waals surface area contributed by atoms with Crippen molar-refractivity contribution in [3.8, 4) is 5.75 Å². The summed E-state index contributed by atoms with van der Waals surface area (Å²) >= 11 is 0. The maximum atomic E-state index is 15.3. The lowest BCUT2D eigenvalue weighted by Gasteiger charge is -2.29. The van der Waals surface area contributed by atoms with E-state index in [0.717, 1.165) is 11.3 Å². The Morgan fingerprint density at radius 1 is 0.838 bits per heavy atom. The van der Waals surface area contributed by atoms with Crippen molar-refractivity contribution < 1.29 is 22.3 Å². The van der Waals surface area contributed by atoms with Gasteiger partial charge in [0.05, 0.1) is 0 Å². The van der Waals surface area contributed by atoms with Gasteiger partial charge in [0, 0.05) is 5.39 Å². The fourth-order valence-corrected chi connectivity index (χ4v) is 5.79. The summed E-state index contributed by atoms with van der Waals surface area (Å²) in [5.74, 6) is -0.156. The molecule has 0 radical (unpaired) electrons. The Morgan fingerprint density at radius 3 is 2.35 bits per heavy atom. The van der Waals surface area contributed by atoms with Gasteiger partial charge in [0.25, 0.3) is 0 Å². The second kappa shape index (κ2) is 13.3. The number of hydrogen-bond acceptors (Lipinski definition) is 1. The molecule has 1 fully saturated rings. The molecule has 5 heteroatoms. The van der Waals surface area contributed by atoms with Gasteiger partial charge in [-0.25, -0.2) is 8.78 Å². The summed E-state index contributed by atoms with van der Waals surface area (Å²) < 4.78 is 58.1. The molecule has 1 nitrogen and oxygen atoms in total. The lowest BCUT2D eigenvalue weighted by molar-refractivity contribution is -0.0522. The van der Waals surface area contributed by atoms with Gasteiger partial charge in [-0.2, -0.15) is 8.78 Å². The van der Waals surface area contributed by atoms with E-state index in [1.165, 1.54) is 88.0 Å². The standard InChI is InChI=1S/C32H38F4O/c1-2-3-4-5-6-7-22-8-12-24(13-9-22)26-17-18-28-27(21-26)16-15-25(31(28)34)14-10-23-11-19-30(29(33)20-23)37-32(35)36/h11,15-22,24,32H,2-10,12-14H2,1H3. The maximum Gasteiger partial charge on any atom is 0.387 e. The molecule has 0 amide bonds. The van der Waals surface area contributed by atoms with E-state index in [4.69, 9.17) is 0 Å². The second-order valence-electron chi connectivity index (χ2n) is 10.6. The zero-order valence-corrected chi connectivity index (χ0v) is 21.8. The fraction of sp³-hybridized carbons (Fsp3) is 0.500. The van der Waals surface area contributed by atoms with Crippen molar-refractivity contribution in [1.82, 2.24) is 0 Å². The number of unbranched alkanes of at least 4 members (excludes halogenated alkanes) is 4. The van der Waals surface area contributed by atoms with Crippen LogP contribution in [0.1, 0.15) is 93.7 Å². The van der Waals surface area contributed by atoms with Crippen molar-refractivity contribution in [2.24, 2.45) is 5.92 Å². The molecule has 3 aromatic rings. The van der Waals surface area contributed by atoms with Gasteiger partial charge in [-0.15, -0.1) is 0 Å². The van der Waals surface area contributed by atoms with E-state index in [9.17, 15) is 13.2 Å². The summed E-state index contributed by atoms with van der Waals surface area (Å²) in [6.07, 6.45) is 13.9. The average Bonchev–Trinajstić information content (AvgIpc) is 2.89. The molecule has 0 N–H and O–H groups in total. The SMILES string of the molecule is CCCCCCCC1CCC(c2ccc3c(F)c(CCc4ccc(OC(F)F)c(F)c4)ccc3c2)CC1. The highest BCUT2D eigenvalue weighted by Crippen LogP contribution is 2.39. The molecular formula is C32H38F4O. The minimum absolute atomic E-state index is 0.242. The summed E-state index contributed by atoms with van der Waals surface area (Å²) in [4.78, 5) is 0. The normalized spacial score (nSPS) is 18.0. The number of benzene rings is 3. The molecule has 0 atom stereocenters. The average molecular weight is 515 g/mol. The summed E-state index contributed by atoms with van der Waals surface area (Å²) in [7, 11) is 0. The smallest absolute Gasteiger partial charge is 0.387 e. The maximum absolute atomic E-state index is 15.3. The number of rotatable bonds is 12. The quantitative estimate of drug-likeness (QED) is 0.173. The van der Waals surface area contributed by atoms with Gasteiger partial charge >= 0.3 is 6.61 Å². The van der Waals surface area contributed by atoms with E-state index in [0.29, 0.717) is 35.3 Å². The Bertz CT molecular complexity index is 1150. The van der Waals surface area contributed by atoms with Crippen LogP contribution in [0.4, 0.5) is 17.6 Å². The van der Waals surface area contributed by atoms with Gasteiger partial charge in [0.15, 0.2) is 11.6 Å². The Hall–Kier alpha value is -2.56. The number of ether oxygens (including phenoxy) is 1. The molecule has 0 spiro atoms. The van der Waals surface area contributed by atoms with E-state index in [1.54, 1.807) is 0 Å². The van der Waals surface area contributed by atoms with E-state index < -0.39 is 18.2 Å². The number of alkyl halides is 2. The first-order chi connectivity index (χ1) is 17.9. The largest absolute Gasteiger partial charge is 0.432 e. The summed E-state index contributed by atoms with van der Waals surface area (Å²) in [5, 5.41) is 1.52. The molecule has 0 bridgehead atoms. The first-order valence-corrected chi connectivity index (χ1v) is 13.9. The van der Waals surface area contributed by atoms with Crippen molar-refractivity contribution in [3.63, 3.8) is 0 Å². The van der Waals surface area contributed by atoms with Crippen LogP contribution < -0.4 is 4.74 Å². The monoisotopic (exact) mass is 514 g/mol. The minimum atomic E-state index is -3.08. The van der Waals surface area contributed by atoms with Crippen molar-refractivity contribution >= 4 is 10.8 Å². The Morgan fingerprint density at radius 2 is 1.62 bits per heavy atom. The molecule has 37 heavy (non-hydrogen) atoms. The van der Waals surface area contributed by atoms with Gasteiger partial charge in [-0.3, -0.25) is 0 Å². The number of halogens is 4. The Balaban J connectivity index is 1.34. The lowest BCUT2D eigenvalue weighted by Crippen LogP contribution is -2.13. The Kier molecular flexibility index (Phi) is 9.88. The lowest BCUT2D eigenvalue weighted by atomic mass is 9.76.